The van der Waals surface area contributed by atoms with Crippen molar-refractivity contribution < 1.29 is 0 Å². The van der Waals surface area contributed by atoms with Gasteiger partial charge in [-0.05, 0) is 37.0 Å². The first-order chi connectivity index (χ1) is 5.68. The van der Waals surface area contributed by atoms with Crippen molar-refractivity contribution in [2.75, 3.05) is 5.73 Å². The fraction of sp³-hybridized carbons (Fsp3) is 0.444. The summed E-state index contributed by atoms with van der Waals surface area (Å²) in [7, 11) is 0. The molecule has 3 nitrogen and oxygen atoms in total. The van der Waals surface area contributed by atoms with Gasteiger partial charge in [-0.15, -0.1) is 12.4 Å². The second kappa shape index (κ2) is 3.52. The van der Waals surface area contributed by atoms with Crippen molar-refractivity contribution in [2.24, 2.45) is 5.73 Å². The number of anilines is 1. The summed E-state index contributed by atoms with van der Waals surface area (Å²) in [6.07, 6.45) is 1.99. The van der Waals surface area contributed by atoms with Crippen LogP contribution in [0.4, 0.5) is 5.82 Å². The van der Waals surface area contributed by atoms with Gasteiger partial charge in [0.2, 0.25) is 0 Å². The van der Waals surface area contributed by atoms with Gasteiger partial charge in [-0.3, -0.25) is 0 Å². The topological polar surface area (TPSA) is 64.9 Å². The molecule has 1 aliphatic rings. The van der Waals surface area contributed by atoms with Crippen LogP contribution in [0.5, 0.6) is 0 Å². The molecule has 4 heteroatoms. The maximum atomic E-state index is 5.90. The van der Waals surface area contributed by atoms with Gasteiger partial charge in [-0.1, -0.05) is 0 Å². The first-order valence-corrected chi connectivity index (χ1v) is 4.20. The molecule has 1 aromatic heterocycles. The molecule has 1 atom stereocenters. The van der Waals surface area contributed by atoms with Crippen LogP contribution in [-0.2, 0) is 6.42 Å². The Kier molecular flexibility index (Phi) is 2.78. The van der Waals surface area contributed by atoms with Crippen LogP contribution in [0, 0.1) is 6.92 Å². The lowest BCUT2D eigenvalue weighted by Gasteiger charge is -2.06. The summed E-state index contributed by atoms with van der Waals surface area (Å²) in [6, 6.07) is 2.22. The second-order valence-corrected chi connectivity index (χ2v) is 3.36. The third-order valence-electron chi connectivity index (χ3n) is 2.42. The average molecular weight is 200 g/mol. The monoisotopic (exact) mass is 199 g/mol. The van der Waals surface area contributed by atoms with E-state index < -0.39 is 0 Å². The Morgan fingerprint density at radius 3 is 2.92 bits per heavy atom. The number of fused-ring (bicyclic) bond motifs is 1. The van der Waals surface area contributed by atoms with Crippen LogP contribution in [-0.4, -0.2) is 4.98 Å². The largest absolute Gasteiger partial charge is 0.383 e. The molecule has 0 fully saturated rings. The Balaban J connectivity index is 0.000000845. The van der Waals surface area contributed by atoms with Crippen LogP contribution in [0.2, 0.25) is 0 Å². The van der Waals surface area contributed by atoms with Crippen molar-refractivity contribution in [1.82, 2.24) is 4.98 Å². The number of nitrogens with zero attached hydrogens (tertiary/aromatic N) is 1. The molecule has 0 saturated carbocycles. The molecule has 0 unspecified atom stereocenters. The first kappa shape index (κ1) is 10.3. The van der Waals surface area contributed by atoms with Gasteiger partial charge in [0, 0.05) is 11.7 Å². The van der Waals surface area contributed by atoms with Gasteiger partial charge < -0.3 is 11.5 Å². The van der Waals surface area contributed by atoms with E-state index in [9.17, 15) is 0 Å². The Hall–Kier alpha value is -0.800. The molecule has 4 N–H and O–H groups in total. The van der Waals surface area contributed by atoms with Gasteiger partial charge in [0.25, 0.3) is 0 Å². The normalized spacial score (nSPS) is 19.4. The number of nitrogens with two attached hydrogens (primary N) is 2. The summed E-state index contributed by atoms with van der Waals surface area (Å²) in [5.41, 5.74) is 15.0. The lowest BCUT2D eigenvalue weighted by molar-refractivity contribution is 0.713. The molecule has 0 saturated heterocycles. The standard InChI is InChI=1S/C9H13N3.ClH/c1-5-4-7-6(9(11)12-5)2-3-8(7)10;/h4,8H,2-3,10H2,1H3,(H2,11,12);1H/t8-;/m1./s1. The minimum absolute atomic E-state index is 0. The molecular weight excluding hydrogens is 186 g/mol. The minimum Gasteiger partial charge on any atom is -0.383 e. The van der Waals surface area contributed by atoms with Crippen molar-refractivity contribution >= 4 is 18.2 Å². The van der Waals surface area contributed by atoms with E-state index in [1.54, 1.807) is 0 Å². The molecular formula is C9H14ClN3. The second-order valence-electron chi connectivity index (χ2n) is 3.36. The molecule has 0 aliphatic heterocycles. The van der Waals surface area contributed by atoms with E-state index in [1.165, 1.54) is 5.56 Å². The highest BCUT2D eigenvalue weighted by atomic mass is 35.5. The fourth-order valence-electron chi connectivity index (χ4n) is 1.81. The van der Waals surface area contributed by atoms with Crippen LogP contribution in [0.1, 0.15) is 29.3 Å². The highest BCUT2D eigenvalue weighted by Crippen LogP contribution is 2.32. The van der Waals surface area contributed by atoms with Gasteiger partial charge in [0.05, 0.1) is 0 Å². The van der Waals surface area contributed by atoms with Crippen LogP contribution < -0.4 is 11.5 Å². The maximum absolute atomic E-state index is 5.90. The van der Waals surface area contributed by atoms with Crippen molar-refractivity contribution in [3.8, 4) is 0 Å². The van der Waals surface area contributed by atoms with Crippen LogP contribution in [0.15, 0.2) is 6.07 Å². The van der Waals surface area contributed by atoms with Crippen LogP contribution in [0.25, 0.3) is 0 Å². The first-order valence-electron chi connectivity index (χ1n) is 4.20. The molecule has 2 rings (SSSR count). The Bertz CT molecular complexity index is 325. The lowest BCUT2D eigenvalue weighted by atomic mass is 10.1. The van der Waals surface area contributed by atoms with Crippen molar-refractivity contribution in [3.05, 3.63) is 22.9 Å². The summed E-state index contributed by atoms with van der Waals surface area (Å²) < 4.78 is 0. The smallest absolute Gasteiger partial charge is 0.127 e. The molecule has 13 heavy (non-hydrogen) atoms. The summed E-state index contributed by atoms with van der Waals surface area (Å²) in [5, 5.41) is 0. The van der Waals surface area contributed by atoms with E-state index in [-0.39, 0.29) is 18.4 Å². The highest BCUT2D eigenvalue weighted by Gasteiger charge is 2.21. The third-order valence-corrected chi connectivity index (χ3v) is 2.42. The number of hydrogen-bond donors (Lipinski definition) is 2. The average Bonchev–Trinajstić information content (AvgIpc) is 2.33. The van der Waals surface area contributed by atoms with Crippen LogP contribution >= 0.6 is 12.4 Å². The lowest BCUT2D eigenvalue weighted by Crippen LogP contribution is -2.07. The predicted molar refractivity (Wildman–Crippen MR) is 55.9 cm³/mol. The Morgan fingerprint density at radius 1 is 1.54 bits per heavy atom. The Morgan fingerprint density at radius 2 is 2.23 bits per heavy atom. The van der Waals surface area contributed by atoms with Gasteiger partial charge in [-0.25, -0.2) is 4.98 Å². The number of aryl methyl sites for hydroxylation is 1. The highest BCUT2D eigenvalue weighted by molar-refractivity contribution is 5.85. The summed E-state index contributed by atoms with van der Waals surface area (Å²) in [4.78, 5) is 4.20. The van der Waals surface area contributed by atoms with Crippen molar-refractivity contribution in [1.29, 1.82) is 0 Å². The molecule has 0 bridgehead atoms. The molecule has 0 spiro atoms. The molecule has 0 amide bonds. The summed E-state index contributed by atoms with van der Waals surface area (Å²) in [5.74, 6) is 0.665. The molecule has 1 aliphatic carbocycles. The third kappa shape index (κ3) is 1.62. The number of halogens is 1. The van der Waals surface area contributed by atoms with E-state index in [0.29, 0.717) is 5.82 Å². The van der Waals surface area contributed by atoms with Gasteiger partial charge in [0.15, 0.2) is 0 Å². The predicted octanol–water partition coefficient (Wildman–Crippen LogP) is 1.34. The zero-order chi connectivity index (χ0) is 8.72. The fourth-order valence-corrected chi connectivity index (χ4v) is 1.81. The zero-order valence-electron chi connectivity index (χ0n) is 7.58. The molecule has 0 aromatic carbocycles. The summed E-state index contributed by atoms with van der Waals surface area (Å²) in [6.45, 7) is 1.95. The molecule has 1 aromatic rings. The molecule has 1 heterocycles. The number of hydrogen-bond acceptors (Lipinski definition) is 3. The SMILES string of the molecule is Cc1cc2c(c(N)n1)CC[C@H]2N.Cl. The van der Waals surface area contributed by atoms with Gasteiger partial charge in [-0.2, -0.15) is 0 Å². The zero-order valence-corrected chi connectivity index (χ0v) is 8.40. The van der Waals surface area contributed by atoms with E-state index >= 15 is 0 Å². The van der Waals surface area contributed by atoms with Gasteiger partial charge in [0.1, 0.15) is 5.82 Å². The minimum atomic E-state index is 0. The van der Waals surface area contributed by atoms with Crippen LogP contribution in [0.3, 0.4) is 0 Å². The van der Waals surface area contributed by atoms with E-state index in [4.69, 9.17) is 11.5 Å². The van der Waals surface area contributed by atoms with Crippen molar-refractivity contribution in [3.63, 3.8) is 0 Å². The van der Waals surface area contributed by atoms with Gasteiger partial charge >= 0.3 is 0 Å². The Labute approximate surface area is 83.9 Å². The van der Waals surface area contributed by atoms with Crippen molar-refractivity contribution in [2.45, 2.75) is 25.8 Å². The van der Waals surface area contributed by atoms with E-state index in [0.717, 1.165) is 24.1 Å². The number of pyridine rings is 1. The summed E-state index contributed by atoms with van der Waals surface area (Å²) >= 11 is 0. The number of aromatic nitrogens is 1. The quantitative estimate of drug-likeness (QED) is 0.663. The van der Waals surface area contributed by atoms with E-state index in [1.807, 2.05) is 13.0 Å². The number of nitrogen functional groups attached to an aromatic ring is 1. The number of rotatable bonds is 0. The maximum Gasteiger partial charge on any atom is 0.127 e. The molecule has 72 valence electrons. The molecule has 0 radical (unpaired) electrons. The van der Waals surface area contributed by atoms with E-state index in [2.05, 4.69) is 4.98 Å².